The number of ether oxygens (including phenoxy) is 1. The summed E-state index contributed by atoms with van der Waals surface area (Å²) in [6.07, 6.45) is -4.91. The third-order valence-corrected chi connectivity index (χ3v) is 6.16. The zero-order chi connectivity index (χ0) is 25.4. The van der Waals surface area contributed by atoms with Gasteiger partial charge in [0.25, 0.3) is 5.70 Å². The minimum absolute atomic E-state index is 0.188. The number of benzene rings is 4. The molecule has 174 valence electrons. The Morgan fingerprint density at radius 1 is 0.778 bits per heavy atom. The summed E-state index contributed by atoms with van der Waals surface area (Å²) >= 11 is 0. The van der Waals surface area contributed by atoms with Crippen molar-refractivity contribution in [3.63, 3.8) is 0 Å². The summed E-state index contributed by atoms with van der Waals surface area (Å²) in [5, 5.41) is 9.69. The van der Waals surface area contributed by atoms with E-state index in [1.807, 2.05) is 55.5 Å². The first-order valence-corrected chi connectivity index (χ1v) is 11.0. The van der Waals surface area contributed by atoms with Crippen LogP contribution in [0, 0.1) is 24.8 Å². The van der Waals surface area contributed by atoms with Gasteiger partial charge in [-0.05, 0) is 69.6 Å². The zero-order valence-corrected chi connectivity index (χ0v) is 19.0. The molecule has 0 bridgehead atoms. The number of hydrogen-bond donors (Lipinski definition) is 0. The van der Waals surface area contributed by atoms with Crippen molar-refractivity contribution in [3.8, 4) is 45.2 Å². The fraction of sp³-hybridized carbons (Fsp3) is 0.0667. The molecule has 3 nitrogen and oxygen atoms in total. The van der Waals surface area contributed by atoms with Crippen LogP contribution in [0.25, 0.3) is 43.8 Å². The second kappa shape index (κ2) is 8.76. The minimum atomic E-state index is -4.91. The highest BCUT2D eigenvalue weighted by Crippen LogP contribution is 2.51. The summed E-state index contributed by atoms with van der Waals surface area (Å²) in [5.41, 5.74) is 6.20. The minimum Gasteiger partial charge on any atom is -0.405 e. The summed E-state index contributed by atoms with van der Waals surface area (Å²) in [5.74, 6) is -0.389. The van der Waals surface area contributed by atoms with Crippen LogP contribution in [0.2, 0.25) is 0 Å². The summed E-state index contributed by atoms with van der Waals surface area (Å²) < 4.78 is 44.6. The predicted molar refractivity (Wildman–Crippen MR) is 132 cm³/mol. The quantitative estimate of drug-likeness (QED) is 0.193. The Morgan fingerprint density at radius 2 is 1.31 bits per heavy atom. The van der Waals surface area contributed by atoms with Gasteiger partial charge in [0, 0.05) is 11.1 Å². The molecule has 5 rings (SSSR count). The Balaban J connectivity index is 1.86. The van der Waals surface area contributed by atoms with E-state index in [4.69, 9.17) is 6.57 Å². The Bertz CT molecular complexity index is 1590. The molecule has 0 N–H and O–H groups in total. The van der Waals surface area contributed by atoms with Crippen molar-refractivity contribution in [2.75, 3.05) is 0 Å². The maximum atomic E-state index is 13.4. The number of hydrogen-bond acceptors (Lipinski definition) is 2. The highest BCUT2D eigenvalue weighted by Gasteiger charge is 2.35. The molecule has 0 atom stereocenters. The smallest absolute Gasteiger partial charge is 0.405 e. The van der Waals surface area contributed by atoms with Crippen LogP contribution in [0.5, 0.6) is 5.75 Å². The molecule has 0 saturated heterocycles. The highest BCUT2D eigenvalue weighted by atomic mass is 19.4. The molecule has 0 spiro atoms. The van der Waals surface area contributed by atoms with Crippen molar-refractivity contribution < 1.29 is 17.9 Å². The van der Waals surface area contributed by atoms with E-state index in [1.165, 1.54) is 6.07 Å². The first-order valence-electron chi connectivity index (χ1n) is 11.0. The molecule has 0 fully saturated rings. The lowest BCUT2D eigenvalue weighted by atomic mass is 9.93. The largest absolute Gasteiger partial charge is 0.573 e. The van der Waals surface area contributed by atoms with Gasteiger partial charge < -0.3 is 4.74 Å². The van der Waals surface area contributed by atoms with E-state index in [2.05, 4.69) is 9.58 Å². The molecule has 0 saturated carbocycles. The molecular weight excluding hydrogens is 461 g/mol. The lowest BCUT2D eigenvalue weighted by molar-refractivity contribution is -0.274. The number of aryl methyl sites for hydroxylation is 1. The van der Waals surface area contributed by atoms with E-state index in [0.717, 1.165) is 22.3 Å². The Morgan fingerprint density at radius 3 is 1.83 bits per heavy atom. The summed E-state index contributed by atoms with van der Waals surface area (Å²) in [4.78, 5) is 3.39. The van der Waals surface area contributed by atoms with Gasteiger partial charge in [-0.1, -0.05) is 66.7 Å². The lowest BCUT2D eigenvalue weighted by Gasteiger charge is -2.16. The molecule has 1 aliphatic rings. The highest BCUT2D eigenvalue weighted by molar-refractivity contribution is 6.06. The second-order valence-corrected chi connectivity index (χ2v) is 8.33. The van der Waals surface area contributed by atoms with E-state index < -0.39 is 6.36 Å². The van der Waals surface area contributed by atoms with Crippen LogP contribution in [0.4, 0.5) is 13.2 Å². The van der Waals surface area contributed by atoms with Crippen LogP contribution in [-0.4, -0.2) is 6.36 Å². The molecule has 0 heterocycles. The molecule has 0 aliphatic heterocycles. The first-order chi connectivity index (χ1) is 17.3. The van der Waals surface area contributed by atoms with Crippen LogP contribution >= 0.6 is 0 Å². The summed E-state index contributed by atoms with van der Waals surface area (Å²) in [7, 11) is 0. The average molecular weight is 478 g/mol. The topological polar surface area (TPSA) is 37.4 Å². The number of rotatable bonds is 3. The van der Waals surface area contributed by atoms with Gasteiger partial charge in [0.1, 0.15) is 5.75 Å². The molecule has 6 heteroatoms. The van der Waals surface area contributed by atoms with Crippen LogP contribution in [0.3, 0.4) is 0 Å². The van der Waals surface area contributed by atoms with Gasteiger partial charge in [-0.3, -0.25) is 0 Å². The van der Waals surface area contributed by atoms with Gasteiger partial charge in [0.05, 0.1) is 12.6 Å². The van der Waals surface area contributed by atoms with Crippen molar-refractivity contribution in [2.45, 2.75) is 13.3 Å². The van der Waals surface area contributed by atoms with E-state index in [1.54, 1.807) is 36.4 Å². The Hall–Kier alpha value is -4.81. The van der Waals surface area contributed by atoms with Gasteiger partial charge in [-0.15, -0.1) is 13.2 Å². The zero-order valence-electron chi connectivity index (χ0n) is 19.0. The third kappa shape index (κ3) is 4.00. The molecular formula is C30H17F3N2O. The molecule has 4 aromatic rings. The molecule has 0 unspecified atom stereocenters. The number of halogens is 3. The number of fused-ring (bicyclic) bond motifs is 3. The van der Waals surface area contributed by atoms with Crippen LogP contribution in [-0.2, 0) is 0 Å². The fourth-order valence-corrected chi connectivity index (χ4v) is 4.67. The number of nitrogens with zero attached hydrogens (tertiary/aromatic N) is 2. The maximum absolute atomic E-state index is 13.4. The lowest BCUT2D eigenvalue weighted by Crippen LogP contribution is -2.17. The summed E-state index contributed by atoms with van der Waals surface area (Å²) in [6, 6.07) is 27.2. The molecule has 0 aromatic heterocycles. The van der Waals surface area contributed by atoms with E-state index >= 15 is 0 Å². The molecule has 0 amide bonds. The SMILES string of the molecule is [C-]#[N+]/C(C#N)=C1\c2cc(C)c(-c3ccccc3)cc2-c2cc(-c3ccccc3)c(OC(F)(F)F)cc21. The molecule has 1 aliphatic carbocycles. The van der Waals surface area contributed by atoms with E-state index in [-0.39, 0.29) is 17.0 Å². The van der Waals surface area contributed by atoms with Crippen molar-refractivity contribution in [3.05, 3.63) is 119 Å². The van der Waals surface area contributed by atoms with Crippen LogP contribution < -0.4 is 4.74 Å². The van der Waals surface area contributed by atoms with Gasteiger partial charge in [-0.25, -0.2) is 10.1 Å². The maximum Gasteiger partial charge on any atom is 0.573 e. The average Bonchev–Trinajstić information content (AvgIpc) is 3.16. The molecule has 0 radical (unpaired) electrons. The number of nitriles is 1. The van der Waals surface area contributed by atoms with Crippen LogP contribution in [0.15, 0.2) is 90.6 Å². The Kier molecular flexibility index (Phi) is 5.59. The van der Waals surface area contributed by atoms with Crippen molar-refractivity contribution >= 4 is 5.57 Å². The second-order valence-electron chi connectivity index (χ2n) is 8.33. The van der Waals surface area contributed by atoms with Crippen molar-refractivity contribution in [1.29, 1.82) is 5.26 Å². The summed E-state index contributed by atoms with van der Waals surface area (Å²) in [6.45, 7) is 9.48. The third-order valence-electron chi connectivity index (χ3n) is 6.16. The van der Waals surface area contributed by atoms with Crippen molar-refractivity contribution in [2.24, 2.45) is 0 Å². The molecule has 36 heavy (non-hydrogen) atoms. The van der Waals surface area contributed by atoms with Crippen LogP contribution in [0.1, 0.15) is 16.7 Å². The fourth-order valence-electron chi connectivity index (χ4n) is 4.67. The standard InChI is InChI=1S/C30H17F3N2O/c1-18-13-25-23(14-21(18)19-9-5-3-6-10-19)24-15-22(20-11-7-4-8-12-20)28(36-30(31,32)33)16-26(24)29(25)27(17-34)35-2/h3-16H,1H3/b29-27+. The molecule has 4 aromatic carbocycles. The number of allylic oxidation sites excluding steroid dienone is 1. The predicted octanol–water partition coefficient (Wildman–Crippen LogP) is 8.41. The normalized spacial score (nSPS) is 13.3. The monoisotopic (exact) mass is 478 g/mol. The van der Waals surface area contributed by atoms with Gasteiger partial charge in [0.15, 0.2) is 0 Å². The van der Waals surface area contributed by atoms with Crippen molar-refractivity contribution in [1.82, 2.24) is 0 Å². The van der Waals surface area contributed by atoms with E-state index in [0.29, 0.717) is 27.8 Å². The Labute approximate surface area is 206 Å². The van der Waals surface area contributed by atoms with Gasteiger partial charge >= 0.3 is 6.36 Å². The van der Waals surface area contributed by atoms with Gasteiger partial charge in [-0.2, -0.15) is 0 Å². The first kappa shape index (κ1) is 23.0. The van der Waals surface area contributed by atoms with E-state index in [9.17, 15) is 18.4 Å². The van der Waals surface area contributed by atoms with Gasteiger partial charge in [0.2, 0.25) is 0 Å². The number of alkyl halides is 3.